The van der Waals surface area contributed by atoms with Gasteiger partial charge in [0.2, 0.25) is 0 Å². The average Bonchev–Trinajstić information content (AvgIpc) is 3.11. The molecule has 0 aliphatic carbocycles. The van der Waals surface area contributed by atoms with Crippen molar-refractivity contribution < 1.29 is 4.74 Å². The van der Waals surface area contributed by atoms with E-state index in [2.05, 4.69) is 158 Å². The van der Waals surface area contributed by atoms with Gasteiger partial charge >= 0.3 is 0 Å². The third-order valence-electron chi connectivity index (χ3n) is 9.62. The highest BCUT2D eigenvalue weighted by Gasteiger charge is 2.24. The number of fused-ring (bicyclic) bond motifs is 8. The quantitative estimate of drug-likeness (QED) is 0.148. The van der Waals surface area contributed by atoms with Crippen molar-refractivity contribution >= 4 is 53.9 Å². The Balaban J connectivity index is 1.29. The summed E-state index contributed by atoms with van der Waals surface area (Å²) in [5.41, 5.74) is 7.33. The summed E-state index contributed by atoms with van der Waals surface area (Å²) in [6.07, 6.45) is 0. The molecule has 0 saturated heterocycles. The summed E-state index contributed by atoms with van der Waals surface area (Å²) in [5.74, 6) is 1.85. The molecule has 0 spiro atoms. The van der Waals surface area contributed by atoms with E-state index >= 15 is 0 Å². The van der Waals surface area contributed by atoms with E-state index in [-0.39, 0.29) is 0 Å². The molecule has 1 heterocycles. The maximum atomic E-state index is 6.72. The lowest BCUT2D eigenvalue weighted by Gasteiger charge is -2.24. The van der Waals surface area contributed by atoms with Gasteiger partial charge in [0.1, 0.15) is 11.5 Å². The number of rotatable bonds is 2. The molecule has 0 bridgehead atoms. The summed E-state index contributed by atoms with van der Waals surface area (Å²) in [6, 6.07) is 57.3. The molecular formula is C44H26O. The molecule has 9 aromatic rings. The molecule has 1 nitrogen and oxygen atoms in total. The second kappa shape index (κ2) is 9.29. The van der Waals surface area contributed by atoms with Crippen molar-refractivity contribution in [1.29, 1.82) is 0 Å². The highest BCUT2D eigenvalue weighted by molar-refractivity contribution is 6.24. The van der Waals surface area contributed by atoms with Crippen LogP contribution in [0.1, 0.15) is 0 Å². The van der Waals surface area contributed by atoms with Crippen LogP contribution in [-0.2, 0) is 0 Å². The number of hydrogen-bond acceptors (Lipinski definition) is 1. The second-order valence-corrected chi connectivity index (χ2v) is 12.0. The first kappa shape index (κ1) is 24.5. The minimum Gasteiger partial charge on any atom is -0.455 e. The van der Waals surface area contributed by atoms with Crippen LogP contribution in [0.15, 0.2) is 158 Å². The number of benzene rings is 9. The molecule has 0 N–H and O–H groups in total. The van der Waals surface area contributed by atoms with Crippen molar-refractivity contribution in [3.8, 4) is 44.9 Å². The molecule has 45 heavy (non-hydrogen) atoms. The van der Waals surface area contributed by atoms with Crippen LogP contribution in [0.5, 0.6) is 11.5 Å². The summed E-state index contributed by atoms with van der Waals surface area (Å²) in [5, 5.41) is 12.3. The Kier molecular flexibility index (Phi) is 5.06. The fourth-order valence-electron chi connectivity index (χ4n) is 7.65. The minimum absolute atomic E-state index is 0.912. The molecule has 0 radical (unpaired) electrons. The predicted octanol–water partition coefficient (Wildman–Crippen LogP) is 12.6. The topological polar surface area (TPSA) is 9.23 Å². The Hall–Kier alpha value is -5.92. The molecule has 10 rings (SSSR count). The maximum Gasteiger partial charge on any atom is 0.143 e. The molecule has 9 aromatic carbocycles. The highest BCUT2D eigenvalue weighted by Crippen LogP contribution is 2.52. The second-order valence-electron chi connectivity index (χ2n) is 12.0. The summed E-state index contributed by atoms with van der Waals surface area (Å²) >= 11 is 0. The Labute approximate surface area is 260 Å². The van der Waals surface area contributed by atoms with Crippen molar-refractivity contribution in [3.05, 3.63) is 158 Å². The van der Waals surface area contributed by atoms with Crippen molar-refractivity contribution in [3.63, 3.8) is 0 Å². The van der Waals surface area contributed by atoms with Crippen molar-refractivity contribution in [2.45, 2.75) is 0 Å². The van der Waals surface area contributed by atoms with Crippen LogP contribution in [0, 0.1) is 0 Å². The minimum atomic E-state index is 0.912. The fraction of sp³-hybridized carbons (Fsp3) is 0. The van der Waals surface area contributed by atoms with E-state index in [0.717, 1.165) is 22.4 Å². The third-order valence-corrected chi connectivity index (χ3v) is 9.62. The first-order chi connectivity index (χ1) is 22.3. The van der Waals surface area contributed by atoms with Crippen LogP contribution in [0.2, 0.25) is 0 Å². The van der Waals surface area contributed by atoms with Crippen LogP contribution in [0.4, 0.5) is 0 Å². The van der Waals surface area contributed by atoms with Gasteiger partial charge in [-0.15, -0.1) is 0 Å². The first-order valence-corrected chi connectivity index (χ1v) is 15.5. The van der Waals surface area contributed by atoms with Gasteiger partial charge in [0.15, 0.2) is 0 Å². The Morgan fingerprint density at radius 2 is 0.956 bits per heavy atom. The lowest BCUT2D eigenvalue weighted by Crippen LogP contribution is -1.99. The van der Waals surface area contributed by atoms with Crippen LogP contribution in [0.25, 0.3) is 87.2 Å². The van der Waals surface area contributed by atoms with E-state index in [1.165, 1.54) is 76.3 Å². The van der Waals surface area contributed by atoms with Crippen LogP contribution in [-0.4, -0.2) is 0 Å². The zero-order valence-electron chi connectivity index (χ0n) is 24.4. The maximum absolute atomic E-state index is 6.72. The SMILES string of the molecule is c1ccc(-c2c3cccc(-c4ccc5c6c(cccc46)-c4ccc6ccccc6c4O5)c3cc3ccc4ccccc4c23)cc1. The molecule has 1 heteroatoms. The smallest absolute Gasteiger partial charge is 0.143 e. The molecule has 0 atom stereocenters. The van der Waals surface area contributed by atoms with E-state index in [1.54, 1.807) is 0 Å². The molecule has 0 saturated carbocycles. The van der Waals surface area contributed by atoms with E-state index in [4.69, 9.17) is 4.74 Å². The van der Waals surface area contributed by atoms with Gasteiger partial charge in [0.05, 0.1) is 0 Å². The van der Waals surface area contributed by atoms with Gasteiger partial charge in [-0.25, -0.2) is 0 Å². The number of ether oxygens (including phenoxy) is 1. The summed E-state index contributed by atoms with van der Waals surface area (Å²) < 4.78 is 6.72. The van der Waals surface area contributed by atoms with Gasteiger partial charge in [-0.1, -0.05) is 140 Å². The number of hydrogen-bond donors (Lipinski definition) is 0. The Morgan fingerprint density at radius 1 is 0.333 bits per heavy atom. The largest absolute Gasteiger partial charge is 0.455 e. The van der Waals surface area contributed by atoms with E-state index < -0.39 is 0 Å². The van der Waals surface area contributed by atoms with Gasteiger partial charge in [-0.05, 0) is 89.1 Å². The van der Waals surface area contributed by atoms with Gasteiger partial charge < -0.3 is 4.74 Å². The highest BCUT2D eigenvalue weighted by atomic mass is 16.5. The Morgan fingerprint density at radius 3 is 1.82 bits per heavy atom. The average molecular weight is 571 g/mol. The fourth-order valence-corrected chi connectivity index (χ4v) is 7.65. The van der Waals surface area contributed by atoms with Crippen LogP contribution >= 0.6 is 0 Å². The standard InChI is InChI=1S/C44H26O/c1-2-12-29(13-3-1)41-37-19-8-16-33(39(37)26-30-21-20-27-10-4-6-14-31(27)42(30)41)34-24-25-40-43-35(34)17-9-18-36(43)38-23-22-28-11-5-7-15-32(28)44(38)45-40/h1-26H. The molecular weight excluding hydrogens is 544 g/mol. The van der Waals surface area contributed by atoms with Gasteiger partial charge in [-0.2, -0.15) is 0 Å². The molecule has 1 aliphatic heterocycles. The molecule has 0 amide bonds. The van der Waals surface area contributed by atoms with Crippen molar-refractivity contribution in [1.82, 2.24) is 0 Å². The monoisotopic (exact) mass is 570 g/mol. The van der Waals surface area contributed by atoms with E-state index in [1.807, 2.05) is 0 Å². The normalized spacial score (nSPS) is 12.2. The molecule has 1 aliphatic rings. The summed E-state index contributed by atoms with van der Waals surface area (Å²) in [4.78, 5) is 0. The lowest BCUT2D eigenvalue weighted by molar-refractivity contribution is 0.493. The third kappa shape index (κ3) is 3.50. The summed E-state index contributed by atoms with van der Waals surface area (Å²) in [7, 11) is 0. The zero-order valence-corrected chi connectivity index (χ0v) is 24.4. The van der Waals surface area contributed by atoms with E-state index in [0.29, 0.717) is 0 Å². The molecule has 0 fully saturated rings. The lowest BCUT2D eigenvalue weighted by atomic mass is 9.85. The van der Waals surface area contributed by atoms with Crippen molar-refractivity contribution in [2.75, 3.05) is 0 Å². The van der Waals surface area contributed by atoms with Gasteiger partial charge in [-0.3, -0.25) is 0 Å². The predicted molar refractivity (Wildman–Crippen MR) is 190 cm³/mol. The zero-order chi connectivity index (χ0) is 29.5. The molecule has 0 unspecified atom stereocenters. The molecule has 0 aromatic heterocycles. The van der Waals surface area contributed by atoms with Crippen LogP contribution < -0.4 is 4.74 Å². The van der Waals surface area contributed by atoms with Crippen LogP contribution in [0.3, 0.4) is 0 Å². The van der Waals surface area contributed by atoms with Crippen molar-refractivity contribution in [2.24, 2.45) is 0 Å². The first-order valence-electron chi connectivity index (χ1n) is 15.5. The summed E-state index contributed by atoms with van der Waals surface area (Å²) in [6.45, 7) is 0. The Bertz CT molecular complexity index is 2670. The van der Waals surface area contributed by atoms with Gasteiger partial charge in [0, 0.05) is 16.3 Å². The van der Waals surface area contributed by atoms with E-state index in [9.17, 15) is 0 Å². The molecule has 208 valence electrons. The van der Waals surface area contributed by atoms with Gasteiger partial charge in [0.25, 0.3) is 0 Å².